The fourth-order valence-electron chi connectivity index (χ4n) is 5.20. The third-order valence-electron chi connectivity index (χ3n) is 6.77. The van der Waals surface area contributed by atoms with Crippen LogP contribution in [0, 0.1) is 33.8 Å². The Morgan fingerprint density at radius 2 is 1.79 bits per heavy atom. The highest BCUT2D eigenvalue weighted by molar-refractivity contribution is 9.12. The number of carbonyl (C=O) groups is 4. The number of nitrogens with zero attached hydrogens (tertiary/aromatic N) is 2. The fraction of sp³-hybridized carbons (Fsp3) is 0.524. The lowest BCUT2D eigenvalue weighted by molar-refractivity contribution is -0.383. The molecule has 1 heterocycles. The first-order valence-corrected chi connectivity index (χ1v) is 12.3. The van der Waals surface area contributed by atoms with Crippen LogP contribution in [0.5, 0.6) is 5.75 Å². The van der Waals surface area contributed by atoms with Crippen LogP contribution in [0.2, 0.25) is 0 Å². The molecule has 34 heavy (non-hydrogen) atoms. The molecule has 0 spiro atoms. The lowest BCUT2D eigenvalue weighted by atomic mass is 9.81. The van der Waals surface area contributed by atoms with E-state index in [-0.39, 0.29) is 38.6 Å². The van der Waals surface area contributed by atoms with Crippen molar-refractivity contribution in [3.63, 3.8) is 0 Å². The van der Waals surface area contributed by atoms with E-state index in [0.29, 0.717) is 0 Å². The summed E-state index contributed by atoms with van der Waals surface area (Å²) in [7, 11) is 1.37. The summed E-state index contributed by atoms with van der Waals surface area (Å²) in [6, 6.07) is 2.61. The maximum Gasteiger partial charge on any atom is 0.329 e. The molecule has 1 aliphatic heterocycles. The molecule has 4 rings (SSSR count). The van der Waals surface area contributed by atoms with Crippen LogP contribution in [0.15, 0.2) is 18.2 Å². The highest BCUT2D eigenvalue weighted by atomic mass is 79.9. The van der Waals surface area contributed by atoms with Gasteiger partial charge in [-0.15, -0.1) is 0 Å². The van der Waals surface area contributed by atoms with Gasteiger partial charge in [0, 0.05) is 21.8 Å². The van der Waals surface area contributed by atoms with Gasteiger partial charge in [0.1, 0.15) is 17.5 Å². The van der Waals surface area contributed by atoms with E-state index in [1.54, 1.807) is 0 Å². The van der Waals surface area contributed by atoms with Gasteiger partial charge in [-0.1, -0.05) is 31.9 Å². The molecular formula is C21H21Br2N3O8. The quantitative estimate of drug-likeness (QED) is 0.164. The van der Waals surface area contributed by atoms with E-state index in [1.807, 2.05) is 0 Å². The number of amides is 3. The minimum absolute atomic E-state index is 0.00785. The van der Waals surface area contributed by atoms with Crippen molar-refractivity contribution in [2.24, 2.45) is 23.7 Å². The summed E-state index contributed by atoms with van der Waals surface area (Å²) >= 11 is 7.21. The van der Waals surface area contributed by atoms with Crippen LogP contribution in [-0.4, -0.2) is 62.9 Å². The van der Waals surface area contributed by atoms with E-state index in [4.69, 9.17) is 9.47 Å². The largest absolute Gasteiger partial charge is 0.497 e. The molecule has 1 saturated heterocycles. The van der Waals surface area contributed by atoms with Crippen LogP contribution in [0.4, 0.5) is 11.4 Å². The minimum atomic E-state index is -1.20. The molecule has 11 nitrogen and oxygen atoms in total. The molecule has 3 fully saturated rings. The van der Waals surface area contributed by atoms with Crippen LogP contribution < -0.4 is 10.1 Å². The number of anilines is 1. The molecule has 0 radical (unpaired) electrons. The Kier molecular flexibility index (Phi) is 6.69. The third-order valence-corrected chi connectivity index (χ3v) is 9.98. The van der Waals surface area contributed by atoms with Crippen molar-refractivity contribution in [2.45, 2.75) is 29.0 Å². The summed E-state index contributed by atoms with van der Waals surface area (Å²) in [5.41, 5.74) is -0.487. The molecule has 7 atom stereocenters. The van der Waals surface area contributed by atoms with Gasteiger partial charge in [0.2, 0.25) is 11.8 Å². The number of hydrogen-bond donors (Lipinski definition) is 1. The van der Waals surface area contributed by atoms with Gasteiger partial charge in [0.25, 0.3) is 11.6 Å². The van der Waals surface area contributed by atoms with Crippen LogP contribution in [0.25, 0.3) is 0 Å². The van der Waals surface area contributed by atoms with Gasteiger partial charge in [0.05, 0.1) is 23.9 Å². The van der Waals surface area contributed by atoms with E-state index >= 15 is 0 Å². The molecule has 1 N–H and O–H groups in total. The van der Waals surface area contributed by atoms with Crippen molar-refractivity contribution in [3.8, 4) is 5.75 Å². The number of nitrogens with one attached hydrogen (secondary N) is 1. The number of nitro groups is 1. The fourth-order valence-corrected chi connectivity index (χ4v) is 7.08. The van der Waals surface area contributed by atoms with Crippen molar-refractivity contribution in [3.05, 3.63) is 28.3 Å². The first kappa shape index (κ1) is 24.6. The first-order valence-electron chi connectivity index (χ1n) is 10.5. The van der Waals surface area contributed by atoms with Gasteiger partial charge in [-0.3, -0.25) is 29.4 Å². The number of hydrogen-bond acceptors (Lipinski definition) is 8. The molecule has 2 saturated carbocycles. The zero-order valence-corrected chi connectivity index (χ0v) is 21.3. The maximum absolute atomic E-state index is 13.0. The number of imide groups is 1. The number of nitro benzene ring substituents is 1. The normalized spacial score (nSPS) is 30.2. The number of esters is 1. The molecule has 13 heteroatoms. The van der Waals surface area contributed by atoms with Gasteiger partial charge in [-0.05, 0) is 31.2 Å². The van der Waals surface area contributed by atoms with Gasteiger partial charge in [-0.25, -0.2) is 4.79 Å². The van der Waals surface area contributed by atoms with Crippen molar-refractivity contribution in [1.82, 2.24) is 4.90 Å². The van der Waals surface area contributed by atoms with Crippen LogP contribution in [-0.2, 0) is 23.9 Å². The number of likely N-dealkylation sites (tertiary alicyclic amines) is 1. The minimum Gasteiger partial charge on any atom is -0.497 e. The first-order chi connectivity index (χ1) is 16.1. The third kappa shape index (κ3) is 3.98. The molecule has 1 aromatic carbocycles. The smallest absolute Gasteiger partial charge is 0.329 e. The zero-order chi connectivity index (χ0) is 24.9. The summed E-state index contributed by atoms with van der Waals surface area (Å²) in [5, 5.41) is 13.5. The summed E-state index contributed by atoms with van der Waals surface area (Å²) < 4.78 is 10.0. The predicted octanol–water partition coefficient (Wildman–Crippen LogP) is 2.25. The molecule has 0 aromatic heterocycles. The summed E-state index contributed by atoms with van der Waals surface area (Å²) in [4.78, 5) is 62.5. The number of methoxy groups -OCH3 is 1. The number of benzene rings is 1. The highest BCUT2D eigenvalue weighted by Crippen LogP contribution is 2.60. The van der Waals surface area contributed by atoms with E-state index < -0.39 is 53.1 Å². The van der Waals surface area contributed by atoms with Crippen molar-refractivity contribution in [1.29, 1.82) is 0 Å². The second-order valence-corrected chi connectivity index (χ2v) is 10.6. The Labute approximate surface area is 210 Å². The molecular weight excluding hydrogens is 582 g/mol. The molecule has 1 aromatic rings. The number of fused-ring (bicyclic) bond motifs is 5. The SMILES string of the molecule is COc1ccc([N+](=O)[O-])c(NC(=O)COC(=O)[C@H](C)N2C(=O)[C@@H]3[C@H]4C[C@@H]([C@H](Br)[C@H]4Br)[C@@H]3C2=O)c1. The molecule has 0 unspecified atom stereocenters. The monoisotopic (exact) mass is 601 g/mol. The average Bonchev–Trinajstić information content (AvgIpc) is 3.41. The van der Waals surface area contributed by atoms with Crippen molar-refractivity contribution >= 4 is 66.9 Å². The summed E-state index contributed by atoms with van der Waals surface area (Å²) in [6.07, 6.45) is 0.766. The summed E-state index contributed by atoms with van der Waals surface area (Å²) in [6.45, 7) is 0.627. The molecule has 182 valence electrons. The number of ether oxygens (including phenoxy) is 2. The second-order valence-electron chi connectivity index (χ2n) is 8.52. The molecule has 2 bridgehead atoms. The van der Waals surface area contributed by atoms with Gasteiger partial charge in [-0.2, -0.15) is 0 Å². The standard InChI is InChI=1S/C21H21Br2N3O8/c1-8(25-19(28)15-10-6-11(16(15)20(25)29)18(23)17(10)22)21(30)34-7-14(27)24-12-5-9(33-2)3-4-13(12)26(31)32/h3-5,8,10-11,15-18H,6-7H2,1-2H3,(H,24,27)/t8-,10+,11+,15-,16+,17-,18-/m0/s1. The van der Waals surface area contributed by atoms with Crippen LogP contribution in [0.1, 0.15) is 13.3 Å². The van der Waals surface area contributed by atoms with E-state index in [0.717, 1.165) is 11.3 Å². The Morgan fingerprint density at radius 3 is 2.32 bits per heavy atom. The van der Waals surface area contributed by atoms with E-state index in [2.05, 4.69) is 37.2 Å². The van der Waals surface area contributed by atoms with E-state index in [1.165, 1.54) is 32.2 Å². The van der Waals surface area contributed by atoms with Gasteiger partial charge in [0.15, 0.2) is 6.61 Å². The van der Waals surface area contributed by atoms with E-state index in [9.17, 15) is 29.3 Å². The highest BCUT2D eigenvalue weighted by Gasteiger charge is 2.67. The number of alkyl halides is 2. The molecule has 2 aliphatic carbocycles. The second kappa shape index (κ2) is 9.25. The maximum atomic E-state index is 13.0. The van der Waals surface area contributed by atoms with Gasteiger partial charge < -0.3 is 14.8 Å². The molecule has 3 aliphatic rings. The Hall–Kier alpha value is -2.54. The van der Waals surface area contributed by atoms with Crippen LogP contribution >= 0.6 is 31.9 Å². The summed E-state index contributed by atoms with van der Waals surface area (Å²) in [5.74, 6) is -3.18. The Morgan fingerprint density at radius 1 is 1.21 bits per heavy atom. The van der Waals surface area contributed by atoms with Crippen LogP contribution in [0.3, 0.4) is 0 Å². The number of carbonyl (C=O) groups excluding carboxylic acids is 4. The lowest BCUT2D eigenvalue weighted by Gasteiger charge is -2.28. The Bertz CT molecular complexity index is 1050. The molecule has 3 amide bonds. The number of halogens is 2. The zero-order valence-electron chi connectivity index (χ0n) is 18.1. The number of rotatable bonds is 7. The average molecular weight is 603 g/mol. The van der Waals surface area contributed by atoms with Crippen molar-refractivity contribution in [2.75, 3.05) is 19.0 Å². The van der Waals surface area contributed by atoms with Gasteiger partial charge >= 0.3 is 5.97 Å². The lowest BCUT2D eigenvalue weighted by Crippen LogP contribution is -2.45. The Balaban J connectivity index is 1.39. The topological polar surface area (TPSA) is 145 Å². The predicted molar refractivity (Wildman–Crippen MR) is 125 cm³/mol. The van der Waals surface area contributed by atoms with Crippen molar-refractivity contribution < 1.29 is 33.6 Å².